The van der Waals surface area contributed by atoms with Crippen LogP contribution in [0.4, 0.5) is 0 Å². The molecule has 0 unspecified atom stereocenters. The summed E-state index contributed by atoms with van der Waals surface area (Å²) >= 11 is 0. The van der Waals surface area contributed by atoms with Gasteiger partial charge in [0.1, 0.15) is 5.75 Å². The van der Waals surface area contributed by atoms with Crippen molar-refractivity contribution in [1.29, 1.82) is 0 Å². The average Bonchev–Trinajstić information content (AvgIpc) is 2.58. The zero-order valence-electron chi connectivity index (χ0n) is 13.0. The fourth-order valence-electron chi connectivity index (χ4n) is 1.91. The van der Waals surface area contributed by atoms with Crippen molar-refractivity contribution < 1.29 is 4.74 Å². The van der Waals surface area contributed by atoms with Crippen molar-refractivity contribution in [1.82, 2.24) is 9.55 Å². The number of nitrogens with zero attached hydrogens (tertiary/aromatic N) is 1. The number of aryl methyl sites for hydroxylation is 1. The predicted molar refractivity (Wildman–Crippen MR) is 90.4 cm³/mol. The number of pyridine rings is 2. The molecule has 118 valence electrons. The highest BCUT2D eigenvalue weighted by Gasteiger charge is 1.99. The first-order chi connectivity index (χ1) is 11.1. The summed E-state index contributed by atoms with van der Waals surface area (Å²) in [6.45, 7) is 1.96. The first kappa shape index (κ1) is 16.3. The SMILES string of the molecule is COc1ccc(-n2cc(C)ccc2=O)cc1.O=c1cccc[nH]1. The number of methoxy groups -OCH3 is 1. The summed E-state index contributed by atoms with van der Waals surface area (Å²) in [6, 6.07) is 15.7. The molecule has 0 atom stereocenters. The van der Waals surface area contributed by atoms with E-state index in [-0.39, 0.29) is 11.1 Å². The van der Waals surface area contributed by atoms with Crippen LogP contribution < -0.4 is 15.9 Å². The minimum absolute atomic E-state index is 0.0317. The standard InChI is InChI=1S/C13H13NO2.C5H5NO/c1-10-3-8-13(15)14(9-10)11-4-6-12(16-2)7-5-11;7-5-3-1-2-4-6-5/h3-9H,1-2H3;1-4H,(H,6,7). The van der Waals surface area contributed by atoms with E-state index in [1.54, 1.807) is 36.1 Å². The lowest BCUT2D eigenvalue weighted by molar-refractivity contribution is 0.414. The first-order valence-corrected chi connectivity index (χ1v) is 7.07. The molecule has 5 heteroatoms. The van der Waals surface area contributed by atoms with Gasteiger partial charge in [-0.15, -0.1) is 0 Å². The maximum absolute atomic E-state index is 11.7. The maximum Gasteiger partial charge on any atom is 0.255 e. The minimum atomic E-state index is -0.0532. The van der Waals surface area contributed by atoms with Crippen LogP contribution in [0.2, 0.25) is 0 Å². The van der Waals surface area contributed by atoms with Crippen molar-refractivity contribution in [3.63, 3.8) is 0 Å². The van der Waals surface area contributed by atoms with E-state index in [1.165, 1.54) is 6.07 Å². The van der Waals surface area contributed by atoms with E-state index in [0.29, 0.717) is 0 Å². The summed E-state index contributed by atoms with van der Waals surface area (Å²) in [5.74, 6) is 0.782. The van der Waals surface area contributed by atoms with E-state index in [0.717, 1.165) is 17.0 Å². The molecule has 0 fully saturated rings. The number of rotatable bonds is 2. The molecule has 0 saturated carbocycles. The van der Waals surface area contributed by atoms with Crippen LogP contribution in [-0.4, -0.2) is 16.7 Å². The number of H-pyrrole nitrogens is 1. The zero-order valence-corrected chi connectivity index (χ0v) is 13.0. The van der Waals surface area contributed by atoms with Crippen molar-refractivity contribution in [3.8, 4) is 11.4 Å². The molecular formula is C18H18N2O3. The smallest absolute Gasteiger partial charge is 0.255 e. The van der Waals surface area contributed by atoms with Crippen LogP contribution in [0.1, 0.15) is 5.56 Å². The van der Waals surface area contributed by atoms with Gasteiger partial charge in [-0.05, 0) is 42.8 Å². The number of hydrogen-bond acceptors (Lipinski definition) is 3. The van der Waals surface area contributed by atoms with Crippen molar-refractivity contribution >= 4 is 0 Å². The van der Waals surface area contributed by atoms with E-state index in [9.17, 15) is 9.59 Å². The lowest BCUT2D eigenvalue weighted by Crippen LogP contribution is -2.16. The van der Waals surface area contributed by atoms with Gasteiger partial charge < -0.3 is 9.72 Å². The molecule has 1 aromatic carbocycles. The largest absolute Gasteiger partial charge is 0.497 e. The Labute approximate surface area is 133 Å². The summed E-state index contributed by atoms with van der Waals surface area (Å²) in [5.41, 5.74) is 1.81. The molecule has 0 radical (unpaired) electrons. The van der Waals surface area contributed by atoms with E-state index >= 15 is 0 Å². The Morgan fingerprint density at radius 3 is 2.22 bits per heavy atom. The molecular weight excluding hydrogens is 292 g/mol. The maximum atomic E-state index is 11.7. The second-order valence-corrected chi connectivity index (χ2v) is 4.84. The first-order valence-electron chi connectivity index (χ1n) is 7.07. The van der Waals surface area contributed by atoms with Crippen molar-refractivity contribution in [3.05, 3.63) is 93.3 Å². The highest BCUT2D eigenvalue weighted by atomic mass is 16.5. The van der Waals surface area contributed by atoms with E-state index < -0.39 is 0 Å². The number of nitrogens with one attached hydrogen (secondary N) is 1. The number of aromatic nitrogens is 2. The Morgan fingerprint density at radius 1 is 0.957 bits per heavy atom. The van der Waals surface area contributed by atoms with E-state index in [2.05, 4.69) is 4.98 Å². The summed E-state index contributed by atoms with van der Waals surface area (Å²) in [5, 5.41) is 0. The van der Waals surface area contributed by atoms with Gasteiger partial charge >= 0.3 is 0 Å². The van der Waals surface area contributed by atoms with Crippen molar-refractivity contribution in [2.75, 3.05) is 7.11 Å². The summed E-state index contributed by atoms with van der Waals surface area (Å²) < 4.78 is 6.69. The molecule has 0 bridgehead atoms. The molecule has 5 nitrogen and oxygen atoms in total. The number of hydrogen-bond donors (Lipinski definition) is 1. The van der Waals surface area contributed by atoms with Gasteiger partial charge in [-0.2, -0.15) is 0 Å². The van der Waals surface area contributed by atoms with Crippen molar-refractivity contribution in [2.24, 2.45) is 0 Å². The van der Waals surface area contributed by atoms with Gasteiger partial charge in [-0.1, -0.05) is 12.1 Å². The molecule has 1 N–H and O–H groups in total. The Morgan fingerprint density at radius 2 is 1.70 bits per heavy atom. The molecule has 23 heavy (non-hydrogen) atoms. The van der Waals surface area contributed by atoms with Gasteiger partial charge in [-0.25, -0.2) is 0 Å². The van der Waals surface area contributed by atoms with E-state index in [4.69, 9.17) is 4.74 Å². The number of ether oxygens (including phenoxy) is 1. The Hall–Kier alpha value is -3.08. The zero-order chi connectivity index (χ0) is 16.7. The molecule has 0 amide bonds. The number of benzene rings is 1. The van der Waals surface area contributed by atoms with Gasteiger partial charge in [0.2, 0.25) is 5.56 Å². The average molecular weight is 310 g/mol. The van der Waals surface area contributed by atoms with Crippen molar-refractivity contribution in [2.45, 2.75) is 6.92 Å². The number of aromatic amines is 1. The lowest BCUT2D eigenvalue weighted by Gasteiger charge is -2.07. The second kappa shape index (κ2) is 7.79. The third-order valence-corrected chi connectivity index (χ3v) is 3.09. The van der Waals surface area contributed by atoms with Crippen LogP contribution in [0, 0.1) is 6.92 Å². The van der Waals surface area contributed by atoms with Gasteiger partial charge in [0.15, 0.2) is 0 Å². The van der Waals surface area contributed by atoms with Crippen LogP contribution in [-0.2, 0) is 0 Å². The molecule has 2 heterocycles. The van der Waals surface area contributed by atoms with Crippen LogP contribution in [0.3, 0.4) is 0 Å². The monoisotopic (exact) mass is 310 g/mol. The molecule has 3 rings (SSSR count). The third-order valence-electron chi connectivity index (χ3n) is 3.09. The highest BCUT2D eigenvalue weighted by Crippen LogP contribution is 2.13. The highest BCUT2D eigenvalue weighted by molar-refractivity contribution is 5.38. The molecule has 0 aliphatic heterocycles. The van der Waals surface area contributed by atoms with Crippen LogP contribution in [0.15, 0.2) is 76.6 Å². The van der Waals surface area contributed by atoms with Crippen LogP contribution in [0.25, 0.3) is 5.69 Å². The summed E-state index contributed by atoms with van der Waals surface area (Å²) in [7, 11) is 1.62. The second-order valence-electron chi connectivity index (χ2n) is 4.84. The fourth-order valence-corrected chi connectivity index (χ4v) is 1.91. The summed E-state index contributed by atoms with van der Waals surface area (Å²) in [4.78, 5) is 24.3. The van der Waals surface area contributed by atoms with Crippen LogP contribution in [0.5, 0.6) is 5.75 Å². The van der Waals surface area contributed by atoms with E-state index in [1.807, 2.05) is 43.5 Å². The Balaban J connectivity index is 0.000000229. The summed E-state index contributed by atoms with van der Waals surface area (Å²) in [6.07, 6.45) is 3.42. The molecule has 2 aromatic heterocycles. The normalized spacial score (nSPS) is 9.65. The molecule has 0 spiro atoms. The van der Waals surface area contributed by atoms with Gasteiger partial charge in [0.05, 0.1) is 7.11 Å². The van der Waals surface area contributed by atoms with Gasteiger partial charge in [-0.3, -0.25) is 14.2 Å². The predicted octanol–water partition coefficient (Wildman–Crippen LogP) is 2.53. The van der Waals surface area contributed by atoms with Crippen LogP contribution >= 0.6 is 0 Å². The van der Waals surface area contributed by atoms with Gasteiger partial charge in [0.25, 0.3) is 5.56 Å². The molecule has 0 saturated heterocycles. The minimum Gasteiger partial charge on any atom is -0.497 e. The third kappa shape index (κ3) is 4.71. The molecule has 3 aromatic rings. The topological polar surface area (TPSA) is 64.1 Å². The van der Waals surface area contributed by atoms with Gasteiger partial charge in [0, 0.05) is 30.2 Å². The molecule has 0 aliphatic rings. The Bertz CT molecular complexity index is 847. The Kier molecular flexibility index (Phi) is 5.52. The lowest BCUT2D eigenvalue weighted by atomic mass is 10.2. The molecule has 0 aliphatic carbocycles. The fraction of sp³-hybridized carbons (Fsp3) is 0.111. The quantitative estimate of drug-likeness (QED) is 0.791.